The molecule has 1 fully saturated rings. The molecular weight excluding hydrogens is 396 g/mol. The van der Waals surface area contributed by atoms with E-state index in [1.807, 2.05) is 0 Å². The summed E-state index contributed by atoms with van der Waals surface area (Å²) in [7, 11) is 3.13. The average molecular weight is 422 g/mol. The molecule has 0 saturated heterocycles. The Bertz CT molecular complexity index is 1050. The van der Waals surface area contributed by atoms with E-state index in [0.29, 0.717) is 39.7 Å². The summed E-state index contributed by atoms with van der Waals surface area (Å²) in [5.74, 6) is 1.80. The van der Waals surface area contributed by atoms with Crippen molar-refractivity contribution in [2.75, 3.05) is 14.2 Å². The van der Waals surface area contributed by atoms with Crippen molar-refractivity contribution in [3.63, 3.8) is 0 Å². The third kappa shape index (κ3) is 4.15. The summed E-state index contributed by atoms with van der Waals surface area (Å²) in [6, 6.07) is 8.66. The topological polar surface area (TPSA) is 71.1 Å². The van der Waals surface area contributed by atoms with Gasteiger partial charge in [-0.1, -0.05) is 19.3 Å². The molecule has 2 aromatic carbocycles. The quantitative estimate of drug-likeness (QED) is 0.379. The van der Waals surface area contributed by atoms with Gasteiger partial charge in [0.05, 0.1) is 25.7 Å². The molecule has 1 saturated carbocycles. The van der Waals surface area contributed by atoms with Gasteiger partial charge in [0.25, 0.3) is 0 Å². The minimum Gasteiger partial charge on any atom is -0.497 e. The Kier molecular flexibility index (Phi) is 5.98. The van der Waals surface area contributed by atoms with Crippen molar-refractivity contribution in [1.82, 2.24) is 0 Å². The minimum atomic E-state index is -0.221. The number of rotatable bonds is 5. The fourth-order valence-corrected chi connectivity index (χ4v) is 4.09. The summed E-state index contributed by atoms with van der Waals surface area (Å²) >= 11 is 0. The standard InChI is InChI=1S/C25H26O6/c1-15-20(31-25(27)16-7-5-4-6-8-16)12-11-19-23(26)22(30-24(15)19)13-17-9-10-18(28-2)14-21(17)29-3/h9-14,16H,4-8H2,1-3H3/b22-13-. The molecule has 0 N–H and O–H groups in total. The third-order valence-electron chi connectivity index (χ3n) is 5.91. The lowest BCUT2D eigenvalue weighted by Crippen LogP contribution is -2.23. The summed E-state index contributed by atoms with van der Waals surface area (Å²) in [6.07, 6.45) is 6.68. The molecule has 2 aromatic rings. The number of carbonyl (C=O) groups is 2. The molecule has 0 aromatic heterocycles. The number of Topliss-reactive ketones (excluding diaryl/α,β-unsaturated/α-hetero) is 1. The Hall–Kier alpha value is -3.28. The first kappa shape index (κ1) is 21.0. The second-order valence-electron chi connectivity index (χ2n) is 7.87. The van der Waals surface area contributed by atoms with Crippen molar-refractivity contribution in [2.45, 2.75) is 39.0 Å². The van der Waals surface area contributed by atoms with E-state index in [9.17, 15) is 9.59 Å². The van der Waals surface area contributed by atoms with E-state index < -0.39 is 0 Å². The zero-order valence-electron chi connectivity index (χ0n) is 18.0. The summed E-state index contributed by atoms with van der Waals surface area (Å²) in [5, 5.41) is 0. The fourth-order valence-electron chi connectivity index (χ4n) is 4.09. The first-order chi connectivity index (χ1) is 15.0. The van der Waals surface area contributed by atoms with Gasteiger partial charge in [-0.25, -0.2) is 0 Å². The van der Waals surface area contributed by atoms with Crippen LogP contribution >= 0.6 is 0 Å². The zero-order valence-corrected chi connectivity index (χ0v) is 18.0. The number of hydrogen-bond donors (Lipinski definition) is 0. The normalized spacial score (nSPS) is 17.3. The number of esters is 1. The van der Waals surface area contributed by atoms with E-state index in [1.54, 1.807) is 57.6 Å². The molecule has 6 nitrogen and oxygen atoms in total. The summed E-state index contributed by atoms with van der Waals surface area (Å²) in [6.45, 7) is 1.80. The third-order valence-corrected chi connectivity index (χ3v) is 5.91. The summed E-state index contributed by atoms with van der Waals surface area (Å²) in [5.41, 5.74) is 1.79. The number of methoxy groups -OCH3 is 2. The number of ketones is 1. The highest BCUT2D eigenvalue weighted by atomic mass is 16.5. The van der Waals surface area contributed by atoms with Gasteiger partial charge < -0.3 is 18.9 Å². The predicted octanol–water partition coefficient (Wildman–Crippen LogP) is 5.11. The second kappa shape index (κ2) is 8.84. The Morgan fingerprint density at radius 2 is 1.81 bits per heavy atom. The van der Waals surface area contributed by atoms with Crippen molar-refractivity contribution < 1.29 is 28.5 Å². The van der Waals surface area contributed by atoms with Crippen LogP contribution in [0, 0.1) is 12.8 Å². The van der Waals surface area contributed by atoms with Crippen LogP contribution in [-0.4, -0.2) is 26.0 Å². The van der Waals surface area contributed by atoms with Gasteiger partial charge in [0.2, 0.25) is 5.78 Å². The van der Waals surface area contributed by atoms with E-state index in [0.717, 1.165) is 25.7 Å². The van der Waals surface area contributed by atoms with Crippen LogP contribution in [0.5, 0.6) is 23.0 Å². The van der Waals surface area contributed by atoms with E-state index in [4.69, 9.17) is 18.9 Å². The van der Waals surface area contributed by atoms with Crippen LogP contribution < -0.4 is 18.9 Å². The molecule has 1 aliphatic carbocycles. The van der Waals surface area contributed by atoms with Crippen LogP contribution in [0.4, 0.5) is 0 Å². The van der Waals surface area contributed by atoms with Gasteiger partial charge in [-0.05, 0) is 50.1 Å². The van der Waals surface area contributed by atoms with Gasteiger partial charge in [0.15, 0.2) is 5.76 Å². The van der Waals surface area contributed by atoms with Crippen LogP contribution in [0.25, 0.3) is 6.08 Å². The summed E-state index contributed by atoms with van der Waals surface area (Å²) < 4.78 is 22.2. The van der Waals surface area contributed by atoms with Crippen LogP contribution in [0.3, 0.4) is 0 Å². The Morgan fingerprint density at radius 3 is 2.52 bits per heavy atom. The fraction of sp³-hybridized carbons (Fsp3) is 0.360. The maximum absolute atomic E-state index is 12.9. The van der Waals surface area contributed by atoms with Crippen molar-refractivity contribution in [3.8, 4) is 23.0 Å². The van der Waals surface area contributed by atoms with Crippen molar-refractivity contribution in [1.29, 1.82) is 0 Å². The largest absolute Gasteiger partial charge is 0.497 e. The molecule has 0 spiro atoms. The highest BCUT2D eigenvalue weighted by Gasteiger charge is 2.31. The molecule has 0 bridgehead atoms. The van der Waals surface area contributed by atoms with E-state index in [-0.39, 0.29) is 23.4 Å². The van der Waals surface area contributed by atoms with Crippen LogP contribution in [0.1, 0.15) is 53.6 Å². The van der Waals surface area contributed by atoms with Crippen molar-refractivity contribution in [3.05, 3.63) is 52.8 Å². The molecule has 6 heteroatoms. The first-order valence-corrected chi connectivity index (χ1v) is 10.5. The maximum Gasteiger partial charge on any atom is 0.314 e. The molecule has 0 unspecified atom stereocenters. The lowest BCUT2D eigenvalue weighted by molar-refractivity contribution is -0.140. The average Bonchev–Trinajstić information content (AvgIpc) is 3.12. The molecule has 162 valence electrons. The van der Waals surface area contributed by atoms with Crippen LogP contribution in [0.2, 0.25) is 0 Å². The van der Waals surface area contributed by atoms with Gasteiger partial charge in [0.1, 0.15) is 23.0 Å². The molecule has 31 heavy (non-hydrogen) atoms. The Morgan fingerprint density at radius 1 is 1.03 bits per heavy atom. The number of ether oxygens (including phenoxy) is 4. The predicted molar refractivity (Wildman–Crippen MR) is 116 cm³/mol. The monoisotopic (exact) mass is 422 g/mol. The van der Waals surface area contributed by atoms with Gasteiger partial charge in [-0.3, -0.25) is 9.59 Å². The zero-order chi connectivity index (χ0) is 22.0. The number of benzene rings is 2. The molecule has 0 radical (unpaired) electrons. The second-order valence-corrected chi connectivity index (χ2v) is 7.87. The molecule has 4 rings (SSSR count). The van der Waals surface area contributed by atoms with E-state index in [1.165, 1.54) is 6.42 Å². The van der Waals surface area contributed by atoms with Gasteiger partial charge in [-0.15, -0.1) is 0 Å². The Balaban J connectivity index is 1.58. The molecule has 1 aliphatic heterocycles. The highest BCUT2D eigenvalue weighted by molar-refractivity contribution is 6.15. The molecule has 2 aliphatic rings. The van der Waals surface area contributed by atoms with Gasteiger partial charge in [0, 0.05) is 17.2 Å². The van der Waals surface area contributed by atoms with E-state index in [2.05, 4.69) is 0 Å². The number of hydrogen-bond acceptors (Lipinski definition) is 6. The smallest absolute Gasteiger partial charge is 0.314 e. The molecule has 0 amide bonds. The van der Waals surface area contributed by atoms with E-state index >= 15 is 0 Å². The highest BCUT2D eigenvalue weighted by Crippen LogP contribution is 2.40. The lowest BCUT2D eigenvalue weighted by Gasteiger charge is -2.20. The first-order valence-electron chi connectivity index (χ1n) is 10.5. The van der Waals surface area contributed by atoms with Crippen LogP contribution in [-0.2, 0) is 4.79 Å². The number of allylic oxidation sites excluding steroid dienone is 1. The lowest BCUT2D eigenvalue weighted by atomic mass is 9.89. The molecule has 0 atom stereocenters. The molecular formula is C25H26O6. The van der Waals surface area contributed by atoms with Crippen molar-refractivity contribution in [2.24, 2.45) is 5.92 Å². The van der Waals surface area contributed by atoms with Crippen molar-refractivity contribution >= 4 is 17.8 Å². The minimum absolute atomic E-state index is 0.0538. The molecule has 1 heterocycles. The Labute approximate surface area is 181 Å². The van der Waals surface area contributed by atoms with Crippen LogP contribution in [0.15, 0.2) is 36.1 Å². The number of fused-ring (bicyclic) bond motifs is 1. The summed E-state index contributed by atoms with van der Waals surface area (Å²) in [4.78, 5) is 25.4. The van der Waals surface area contributed by atoms with Gasteiger partial charge in [-0.2, -0.15) is 0 Å². The maximum atomic E-state index is 12.9. The number of carbonyl (C=O) groups excluding carboxylic acids is 2. The SMILES string of the molecule is COc1ccc(/C=C2\Oc3c(ccc(OC(=O)C4CCCCC4)c3C)C2=O)c(OC)c1. The van der Waals surface area contributed by atoms with Gasteiger partial charge >= 0.3 is 5.97 Å².